The van der Waals surface area contributed by atoms with Gasteiger partial charge < -0.3 is 5.11 Å². The highest BCUT2D eigenvalue weighted by Gasteiger charge is 2.44. The van der Waals surface area contributed by atoms with Crippen LogP contribution >= 0.6 is 0 Å². The fourth-order valence-electron chi connectivity index (χ4n) is 2.02. The van der Waals surface area contributed by atoms with Gasteiger partial charge in [0.1, 0.15) is 6.54 Å². The van der Waals surface area contributed by atoms with E-state index in [-0.39, 0.29) is 4.90 Å². The summed E-state index contributed by atoms with van der Waals surface area (Å²) in [7, 11) is -4.22. The van der Waals surface area contributed by atoms with Gasteiger partial charge in [-0.05, 0) is 37.5 Å². The summed E-state index contributed by atoms with van der Waals surface area (Å²) in [5.74, 6) is 0. The van der Waals surface area contributed by atoms with Crippen molar-refractivity contribution in [3.8, 4) is 0 Å². The van der Waals surface area contributed by atoms with Crippen LogP contribution in [-0.4, -0.2) is 36.6 Å². The van der Waals surface area contributed by atoms with E-state index in [0.717, 1.165) is 0 Å². The Hall–Kier alpha value is -1.12. The summed E-state index contributed by atoms with van der Waals surface area (Å²) in [6.45, 7) is -0.0288. The van der Waals surface area contributed by atoms with Crippen molar-refractivity contribution < 1.29 is 26.7 Å². The Morgan fingerprint density at radius 2 is 2.00 bits per heavy atom. The topological polar surface area (TPSA) is 57.6 Å². The Labute approximate surface area is 121 Å². The van der Waals surface area contributed by atoms with Crippen molar-refractivity contribution in [2.75, 3.05) is 6.54 Å². The second kappa shape index (κ2) is 5.58. The van der Waals surface area contributed by atoms with Gasteiger partial charge in [0.05, 0.1) is 11.0 Å². The molecule has 21 heavy (non-hydrogen) atoms. The number of sulfonamides is 1. The number of aliphatic hydroxyl groups is 1. The van der Waals surface area contributed by atoms with E-state index in [1.165, 1.54) is 31.2 Å². The number of rotatable bonds is 5. The Balaban J connectivity index is 2.36. The molecule has 1 aromatic rings. The maximum absolute atomic E-state index is 12.6. The Morgan fingerprint density at radius 3 is 2.48 bits per heavy atom. The van der Waals surface area contributed by atoms with Gasteiger partial charge in [0, 0.05) is 6.04 Å². The predicted octanol–water partition coefficient (Wildman–Crippen LogP) is 2.46. The van der Waals surface area contributed by atoms with Crippen molar-refractivity contribution in [3.05, 3.63) is 29.8 Å². The lowest BCUT2D eigenvalue weighted by molar-refractivity contribution is -0.137. The van der Waals surface area contributed by atoms with Crippen LogP contribution in [-0.2, 0) is 10.0 Å². The van der Waals surface area contributed by atoms with Gasteiger partial charge in [-0.15, -0.1) is 0 Å². The maximum atomic E-state index is 12.6. The molecule has 0 radical (unpaired) electrons. The molecule has 0 spiro atoms. The Bertz CT molecular complexity index is 609. The number of aliphatic hydroxyl groups excluding tert-OH is 1. The molecule has 118 valence electrons. The molecule has 8 heteroatoms. The summed E-state index contributed by atoms with van der Waals surface area (Å²) < 4.78 is 63.1. The molecule has 1 saturated carbocycles. The highest BCUT2D eigenvalue weighted by atomic mass is 32.2. The van der Waals surface area contributed by atoms with Crippen LogP contribution in [0.15, 0.2) is 29.2 Å². The summed E-state index contributed by atoms with van der Waals surface area (Å²) in [6, 6.07) is 4.80. The lowest BCUT2D eigenvalue weighted by atomic mass is 10.1. The quantitative estimate of drug-likeness (QED) is 0.905. The molecule has 4 nitrogen and oxygen atoms in total. The lowest BCUT2D eigenvalue weighted by Crippen LogP contribution is -2.40. The third kappa shape index (κ3) is 3.96. The van der Waals surface area contributed by atoms with Crippen molar-refractivity contribution in [2.45, 2.75) is 43.0 Å². The second-order valence-electron chi connectivity index (χ2n) is 5.15. The normalized spacial score (nSPS) is 18.0. The first kappa shape index (κ1) is 16.3. The standard InChI is InChI=1S/C13H16F3NO3S/c1-9(18)10-3-2-4-12(7-10)21(19,20)17(11-5-6-11)8-13(14,15)16/h2-4,7,9,11,18H,5-6,8H2,1H3. The molecule has 0 amide bonds. The van der Waals surface area contributed by atoms with Crippen LogP contribution in [0.3, 0.4) is 0 Å². The molecule has 0 bridgehead atoms. The van der Waals surface area contributed by atoms with Crippen molar-refractivity contribution in [1.82, 2.24) is 4.31 Å². The second-order valence-corrected chi connectivity index (χ2v) is 7.04. The van der Waals surface area contributed by atoms with E-state index in [2.05, 4.69) is 0 Å². The molecule has 1 aliphatic carbocycles. The smallest absolute Gasteiger partial charge is 0.389 e. The van der Waals surface area contributed by atoms with Crippen LogP contribution in [0.25, 0.3) is 0 Å². The molecule has 0 saturated heterocycles. The number of hydrogen-bond acceptors (Lipinski definition) is 3. The largest absolute Gasteiger partial charge is 0.402 e. The van der Waals surface area contributed by atoms with Crippen LogP contribution in [0.4, 0.5) is 13.2 Å². The molecule has 1 fully saturated rings. The van der Waals surface area contributed by atoms with E-state index in [1.807, 2.05) is 0 Å². The first-order valence-corrected chi connectivity index (χ1v) is 7.92. The van der Waals surface area contributed by atoms with Gasteiger partial charge in [-0.3, -0.25) is 0 Å². The predicted molar refractivity (Wildman–Crippen MR) is 70.0 cm³/mol. The molecular formula is C13H16F3NO3S. The highest BCUT2D eigenvalue weighted by molar-refractivity contribution is 7.89. The van der Waals surface area contributed by atoms with E-state index >= 15 is 0 Å². The average molecular weight is 323 g/mol. The van der Waals surface area contributed by atoms with E-state index < -0.39 is 34.9 Å². The first-order chi connectivity index (χ1) is 9.61. The molecule has 0 aliphatic heterocycles. The monoisotopic (exact) mass is 323 g/mol. The maximum Gasteiger partial charge on any atom is 0.402 e. The summed E-state index contributed by atoms with van der Waals surface area (Å²) >= 11 is 0. The van der Waals surface area contributed by atoms with Crippen molar-refractivity contribution >= 4 is 10.0 Å². The minimum absolute atomic E-state index is 0.225. The van der Waals surface area contributed by atoms with E-state index in [0.29, 0.717) is 22.7 Å². The van der Waals surface area contributed by atoms with Crippen LogP contribution < -0.4 is 0 Å². The Morgan fingerprint density at radius 1 is 1.38 bits per heavy atom. The van der Waals surface area contributed by atoms with Crippen molar-refractivity contribution in [1.29, 1.82) is 0 Å². The van der Waals surface area contributed by atoms with Crippen LogP contribution in [0.2, 0.25) is 0 Å². The van der Waals surface area contributed by atoms with Gasteiger partial charge in [0.15, 0.2) is 0 Å². The SMILES string of the molecule is CC(O)c1cccc(S(=O)(=O)N(CC(F)(F)F)C2CC2)c1. The van der Waals surface area contributed by atoms with Gasteiger partial charge in [-0.1, -0.05) is 12.1 Å². The molecule has 1 atom stereocenters. The van der Waals surface area contributed by atoms with Crippen LogP contribution in [0.5, 0.6) is 0 Å². The zero-order valence-corrected chi connectivity index (χ0v) is 12.2. The summed E-state index contributed by atoms with van der Waals surface area (Å²) in [4.78, 5) is -0.225. The van der Waals surface area contributed by atoms with Crippen LogP contribution in [0, 0.1) is 0 Å². The minimum atomic E-state index is -4.59. The third-order valence-electron chi connectivity index (χ3n) is 3.24. The number of hydrogen-bond donors (Lipinski definition) is 1. The average Bonchev–Trinajstić information content (AvgIpc) is 3.19. The van der Waals surface area contributed by atoms with Crippen molar-refractivity contribution in [2.24, 2.45) is 0 Å². The summed E-state index contributed by atoms with van der Waals surface area (Å²) in [5, 5.41) is 9.47. The zero-order chi connectivity index (χ0) is 15.8. The van der Waals surface area contributed by atoms with Gasteiger partial charge in [0.2, 0.25) is 10.0 Å². The van der Waals surface area contributed by atoms with E-state index in [1.54, 1.807) is 0 Å². The molecule has 1 aliphatic rings. The molecular weight excluding hydrogens is 307 g/mol. The molecule has 1 aromatic carbocycles. The fourth-order valence-corrected chi connectivity index (χ4v) is 3.75. The van der Waals surface area contributed by atoms with Gasteiger partial charge >= 0.3 is 6.18 Å². The van der Waals surface area contributed by atoms with Crippen molar-refractivity contribution in [3.63, 3.8) is 0 Å². The minimum Gasteiger partial charge on any atom is -0.389 e. The third-order valence-corrected chi connectivity index (χ3v) is 5.13. The molecule has 0 heterocycles. The van der Waals surface area contributed by atoms with Gasteiger partial charge in [-0.2, -0.15) is 17.5 Å². The van der Waals surface area contributed by atoms with Crippen LogP contribution in [0.1, 0.15) is 31.4 Å². The van der Waals surface area contributed by atoms with E-state index in [9.17, 15) is 26.7 Å². The molecule has 1 N–H and O–H groups in total. The summed E-state index contributed by atoms with van der Waals surface area (Å²) in [5.41, 5.74) is 0.346. The number of alkyl halides is 3. The number of nitrogens with zero attached hydrogens (tertiary/aromatic N) is 1. The fraction of sp³-hybridized carbons (Fsp3) is 0.538. The first-order valence-electron chi connectivity index (χ1n) is 6.48. The zero-order valence-electron chi connectivity index (χ0n) is 11.3. The molecule has 2 rings (SSSR count). The number of benzene rings is 1. The highest BCUT2D eigenvalue weighted by Crippen LogP contribution is 2.35. The van der Waals surface area contributed by atoms with Gasteiger partial charge in [-0.25, -0.2) is 8.42 Å². The molecule has 1 unspecified atom stereocenters. The number of halogens is 3. The van der Waals surface area contributed by atoms with Gasteiger partial charge in [0.25, 0.3) is 0 Å². The molecule has 0 aromatic heterocycles. The lowest BCUT2D eigenvalue weighted by Gasteiger charge is -2.23. The Kier molecular flexibility index (Phi) is 4.32. The van der Waals surface area contributed by atoms with E-state index in [4.69, 9.17) is 0 Å². The summed E-state index contributed by atoms with van der Waals surface area (Å²) in [6.07, 6.45) is -4.61.